The molecule has 0 radical (unpaired) electrons. The molecule has 8 rings (SSSR count). The second-order valence-electron chi connectivity index (χ2n) is 13.1. The number of hydrogen-bond donors (Lipinski definition) is 2. The number of nitrogens with one attached hydrogen (secondary N) is 2. The first-order chi connectivity index (χ1) is 29.2. The molecular weight excluding hydrogens is 813 g/mol. The Morgan fingerprint density at radius 1 is 0.467 bits per heavy atom. The van der Waals surface area contributed by atoms with E-state index in [2.05, 4.69) is 40.5 Å². The van der Waals surface area contributed by atoms with E-state index in [-0.39, 0.29) is 34.9 Å². The Morgan fingerprint density at radius 2 is 0.800 bits per heavy atom. The van der Waals surface area contributed by atoms with Crippen LogP contribution in [0.2, 0.25) is 0 Å². The molecule has 2 aromatic heterocycles. The summed E-state index contributed by atoms with van der Waals surface area (Å²) in [7, 11) is -10.3. The first-order valence-corrected chi connectivity index (χ1v) is 21.6. The van der Waals surface area contributed by atoms with Gasteiger partial charge in [-0.25, -0.2) is 0 Å². The maximum atomic E-state index is 14.9. The predicted molar refractivity (Wildman–Crippen MR) is 224 cm³/mol. The van der Waals surface area contributed by atoms with Crippen LogP contribution in [0.3, 0.4) is 0 Å². The lowest BCUT2D eigenvalue weighted by molar-refractivity contribution is 0.122. The molecule has 20 heteroatoms. The van der Waals surface area contributed by atoms with Gasteiger partial charge in [-0.1, -0.05) is 97.1 Å². The lowest BCUT2D eigenvalue weighted by Gasteiger charge is -2.27. The van der Waals surface area contributed by atoms with Crippen LogP contribution in [0.25, 0.3) is 9.81 Å². The summed E-state index contributed by atoms with van der Waals surface area (Å²) in [5, 5.41) is 6.12. The van der Waals surface area contributed by atoms with E-state index in [0.717, 1.165) is 0 Å². The number of rotatable bonds is 14. The molecule has 2 aliphatic rings. The number of anilines is 6. The summed E-state index contributed by atoms with van der Waals surface area (Å²) in [6.07, 6.45) is 0. The monoisotopic (exact) mass is 850 g/mol. The van der Waals surface area contributed by atoms with E-state index in [9.17, 15) is 16.8 Å². The van der Waals surface area contributed by atoms with Crippen LogP contribution in [0, 0.1) is 0 Å². The van der Waals surface area contributed by atoms with Crippen molar-refractivity contribution in [1.29, 1.82) is 0 Å². The number of morpholine rings is 2. The Labute approximate surface area is 346 Å². The van der Waals surface area contributed by atoms with Gasteiger partial charge in [0.15, 0.2) is 0 Å². The smallest absolute Gasteiger partial charge is 0.343 e. The number of hydrogen-bond acceptors (Lipinski definition) is 18. The molecule has 4 aromatic carbocycles. The lowest BCUT2D eigenvalue weighted by atomic mass is 10.1. The van der Waals surface area contributed by atoms with E-state index >= 15 is 0 Å². The molecule has 0 unspecified atom stereocenters. The van der Waals surface area contributed by atoms with Crippen LogP contribution in [0.4, 0.5) is 35.2 Å². The number of para-hydroxylation sites is 2. The molecule has 2 fully saturated rings. The zero-order valence-corrected chi connectivity index (χ0v) is 33.5. The fraction of sp³-hybridized carbons (Fsp3) is 0.200. The molecule has 0 amide bonds. The van der Waals surface area contributed by atoms with Crippen molar-refractivity contribution in [2.75, 3.05) is 73.0 Å². The summed E-state index contributed by atoms with van der Waals surface area (Å²) in [5.74, 6) is 0.204. The SMILES string of the molecule is O=S(=O)(Oc1nc(Nc2ccccc2)nc(N2CCOCC2)n1)C(=C(c1ccccc1)S(=O)(=O)Oc1nc(Nc2ccccc2)nc(N2CCOCC2)n1)c1ccccc1. The number of aromatic nitrogens is 6. The van der Waals surface area contributed by atoms with Crippen LogP contribution in [0.15, 0.2) is 121 Å². The minimum Gasteiger partial charge on any atom is -0.378 e. The lowest BCUT2D eigenvalue weighted by Crippen LogP contribution is -2.37. The zero-order chi connectivity index (χ0) is 41.4. The van der Waals surface area contributed by atoms with Crippen LogP contribution in [0.5, 0.6) is 12.0 Å². The van der Waals surface area contributed by atoms with Crippen molar-refractivity contribution in [2.24, 2.45) is 0 Å². The molecule has 60 heavy (non-hydrogen) atoms. The van der Waals surface area contributed by atoms with Crippen LogP contribution in [-0.4, -0.2) is 99.3 Å². The molecule has 18 nitrogen and oxygen atoms in total. The highest BCUT2D eigenvalue weighted by Crippen LogP contribution is 2.37. The maximum Gasteiger partial charge on any atom is 0.343 e. The average Bonchev–Trinajstić information content (AvgIpc) is 3.27. The fourth-order valence-corrected chi connectivity index (χ4v) is 9.09. The van der Waals surface area contributed by atoms with Gasteiger partial charge in [0.1, 0.15) is 9.81 Å². The highest BCUT2D eigenvalue weighted by atomic mass is 32.2. The number of nitrogens with zero attached hydrogens (tertiary/aromatic N) is 8. The van der Waals surface area contributed by atoms with Gasteiger partial charge in [0.2, 0.25) is 23.8 Å². The first-order valence-electron chi connectivity index (χ1n) is 18.8. The summed E-state index contributed by atoms with van der Waals surface area (Å²) in [6.45, 7) is 3.21. The van der Waals surface area contributed by atoms with E-state index in [1.165, 1.54) is 24.3 Å². The highest BCUT2D eigenvalue weighted by molar-refractivity contribution is 8.02. The van der Waals surface area contributed by atoms with Crippen molar-refractivity contribution in [1.82, 2.24) is 29.9 Å². The third-order valence-electron chi connectivity index (χ3n) is 9.00. The van der Waals surface area contributed by atoms with Crippen molar-refractivity contribution in [3.05, 3.63) is 132 Å². The van der Waals surface area contributed by atoms with Gasteiger partial charge in [-0.15, -0.1) is 0 Å². The van der Waals surface area contributed by atoms with Gasteiger partial charge in [0.05, 0.1) is 26.4 Å². The Morgan fingerprint density at radius 3 is 1.15 bits per heavy atom. The Kier molecular flexibility index (Phi) is 12.0. The third-order valence-corrected chi connectivity index (χ3v) is 11.7. The average molecular weight is 851 g/mol. The van der Waals surface area contributed by atoms with E-state index in [4.69, 9.17) is 17.8 Å². The molecule has 0 aliphatic carbocycles. The molecule has 2 N–H and O–H groups in total. The van der Waals surface area contributed by atoms with E-state index < -0.39 is 42.1 Å². The van der Waals surface area contributed by atoms with Gasteiger partial charge in [0, 0.05) is 37.6 Å². The minimum atomic E-state index is -5.15. The zero-order valence-electron chi connectivity index (χ0n) is 31.9. The second-order valence-corrected chi connectivity index (χ2v) is 16.1. The summed E-state index contributed by atoms with van der Waals surface area (Å²) in [5.41, 5.74) is 1.15. The third kappa shape index (κ3) is 9.75. The molecular formula is C40H38N10O8S2. The van der Waals surface area contributed by atoms with Crippen molar-refractivity contribution in [3.8, 4) is 12.0 Å². The van der Waals surface area contributed by atoms with Crippen molar-refractivity contribution >= 4 is 65.2 Å². The van der Waals surface area contributed by atoms with E-state index in [0.29, 0.717) is 64.0 Å². The van der Waals surface area contributed by atoms with E-state index in [1.54, 1.807) is 94.7 Å². The molecule has 308 valence electrons. The molecule has 0 spiro atoms. The number of ether oxygens (including phenoxy) is 2. The predicted octanol–water partition coefficient (Wildman–Crippen LogP) is 4.86. The molecule has 0 saturated carbocycles. The van der Waals surface area contributed by atoms with Gasteiger partial charge < -0.3 is 38.3 Å². The van der Waals surface area contributed by atoms with Crippen LogP contribution in [0.1, 0.15) is 11.1 Å². The second kappa shape index (κ2) is 18.0. The maximum absolute atomic E-state index is 14.9. The summed E-state index contributed by atoms with van der Waals surface area (Å²) >= 11 is 0. The van der Waals surface area contributed by atoms with Gasteiger partial charge >= 0.3 is 32.3 Å². The van der Waals surface area contributed by atoms with Gasteiger partial charge in [-0.05, 0) is 35.4 Å². The van der Waals surface area contributed by atoms with Gasteiger partial charge in [0.25, 0.3) is 0 Å². The summed E-state index contributed by atoms with van der Waals surface area (Å²) < 4.78 is 81.9. The molecule has 0 bridgehead atoms. The number of benzene rings is 4. The Hall–Kier alpha value is -6.74. The summed E-state index contributed by atoms with van der Waals surface area (Å²) in [4.78, 5) is 28.5. The molecule has 2 saturated heterocycles. The van der Waals surface area contributed by atoms with Crippen molar-refractivity contribution < 1.29 is 34.7 Å². The standard InChI is InChI=1S/C40H38N10O8S2/c51-59(52,57-39-45-35(41-31-17-9-3-10-18-31)43-37(47-39)49-21-25-55-26-22-49)33(29-13-5-1-6-14-29)34(30-15-7-2-8-16-30)60(53,54)58-40-46-36(42-32-19-11-4-12-20-32)44-38(48-40)50-23-27-56-28-24-50/h1-20H,21-28H2,(H,41,43,45,47)(H,42,44,46,48). The van der Waals surface area contributed by atoms with Gasteiger partial charge in [-0.3, -0.25) is 0 Å². The molecule has 6 aromatic rings. The Balaban J connectivity index is 1.25. The quantitative estimate of drug-likeness (QED) is 0.111. The van der Waals surface area contributed by atoms with Gasteiger partial charge in [-0.2, -0.15) is 46.7 Å². The fourth-order valence-electron chi connectivity index (χ4n) is 6.23. The van der Waals surface area contributed by atoms with Crippen LogP contribution < -0.4 is 28.8 Å². The Bertz CT molecular complexity index is 2470. The van der Waals surface area contributed by atoms with Crippen molar-refractivity contribution in [3.63, 3.8) is 0 Å². The largest absolute Gasteiger partial charge is 0.378 e. The summed E-state index contributed by atoms with van der Waals surface area (Å²) in [6, 6.07) is 32.1. The topological polar surface area (TPSA) is 213 Å². The molecule has 4 heterocycles. The van der Waals surface area contributed by atoms with E-state index in [1.807, 2.05) is 12.1 Å². The molecule has 0 atom stereocenters. The normalized spacial score (nSPS) is 15.1. The van der Waals surface area contributed by atoms with Crippen molar-refractivity contribution in [2.45, 2.75) is 0 Å². The molecule has 2 aliphatic heterocycles. The van der Waals surface area contributed by atoms with Crippen LogP contribution in [-0.2, 0) is 29.7 Å². The highest BCUT2D eigenvalue weighted by Gasteiger charge is 2.37. The minimum absolute atomic E-state index is 0.0156. The van der Waals surface area contributed by atoms with Crippen LogP contribution >= 0.6 is 0 Å². The first kappa shape index (κ1) is 40.1.